The van der Waals surface area contributed by atoms with Crippen molar-refractivity contribution in [2.45, 2.75) is 12.8 Å². The molecule has 0 saturated carbocycles. The van der Waals surface area contributed by atoms with Crippen LogP contribution < -0.4 is 19.7 Å². The molecule has 3 aromatic rings. The number of piperidine rings is 1. The predicted octanol–water partition coefficient (Wildman–Crippen LogP) is 4.22. The number of amides is 1. The maximum absolute atomic E-state index is 13.0. The minimum Gasteiger partial charge on any atom is -0.495 e. The first-order chi connectivity index (χ1) is 14.1. The molecule has 3 heterocycles. The van der Waals surface area contributed by atoms with E-state index >= 15 is 0 Å². The number of anilines is 2. The molecule has 9 heteroatoms. The number of fused-ring (bicyclic) bond motifs is 1. The summed E-state index contributed by atoms with van der Waals surface area (Å²) in [5.41, 5.74) is 1.42. The second-order valence-electron chi connectivity index (χ2n) is 6.79. The number of nitrogens with one attached hydrogen (secondary N) is 1. The molecule has 4 rings (SSSR count). The fourth-order valence-corrected chi connectivity index (χ4v) is 4.64. The number of halogens is 1. The van der Waals surface area contributed by atoms with Crippen LogP contribution in [0.3, 0.4) is 0 Å². The predicted molar refractivity (Wildman–Crippen MR) is 116 cm³/mol. The highest BCUT2D eigenvalue weighted by atomic mass is 35.5. The average molecular weight is 433 g/mol. The van der Waals surface area contributed by atoms with Crippen LogP contribution in [0.15, 0.2) is 30.5 Å². The first-order valence-electron chi connectivity index (χ1n) is 9.28. The van der Waals surface area contributed by atoms with E-state index in [-0.39, 0.29) is 11.8 Å². The normalized spacial score (nSPS) is 16.7. The van der Waals surface area contributed by atoms with Gasteiger partial charge in [0.25, 0.3) is 0 Å². The van der Waals surface area contributed by atoms with Gasteiger partial charge < -0.3 is 19.7 Å². The SMILES string of the molecule is COc1cc(OC)c(NC(=O)[C@@H]2CCCN(c3nc4cccnc4s3)C2)cc1Cl. The van der Waals surface area contributed by atoms with Crippen LogP contribution in [-0.4, -0.2) is 43.2 Å². The van der Waals surface area contributed by atoms with E-state index < -0.39 is 0 Å². The van der Waals surface area contributed by atoms with Gasteiger partial charge in [0.1, 0.15) is 21.8 Å². The summed E-state index contributed by atoms with van der Waals surface area (Å²) in [4.78, 5) is 25.1. The fourth-order valence-electron chi connectivity index (χ4n) is 3.45. The molecule has 0 bridgehead atoms. The third kappa shape index (κ3) is 4.09. The smallest absolute Gasteiger partial charge is 0.229 e. The van der Waals surface area contributed by atoms with E-state index in [2.05, 4.69) is 20.2 Å². The standard InChI is InChI=1S/C20H21ClN4O3S/c1-27-16-10-17(28-2)15(9-13(16)21)23-18(26)12-5-4-8-25(11-12)20-24-14-6-3-7-22-19(14)29-20/h3,6-7,9-10,12H,4-5,8,11H2,1-2H3,(H,23,26)/t12-/m1/s1. The van der Waals surface area contributed by atoms with Crippen LogP contribution in [0.1, 0.15) is 12.8 Å². The Hall–Kier alpha value is -2.58. The van der Waals surface area contributed by atoms with Crippen molar-refractivity contribution in [3.05, 3.63) is 35.5 Å². The Balaban J connectivity index is 1.50. The number of nitrogens with zero attached hydrogens (tertiary/aromatic N) is 3. The topological polar surface area (TPSA) is 76.6 Å². The number of methoxy groups -OCH3 is 2. The molecule has 1 aromatic carbocycles. The second kappa shape index (κ2) is 8.42. The lowest BCUT2D eigenvalue weighted by Gasteiger charge is -2.31. The molecule has 0 radical (unpaired) electrons. The minimum atomic E-state index is -0.158. The zero-order valence-corrected chi connectivity index (χ0v) is 17.7. The van der Waals surface area contributed by atoms with Crippen LogP contribution in [-0.2, 0) is 4.79 Å². The Morgan fingerprint density at radius 3 is 2.90 bits per heavy atom. The van der Waals surface area contributed by atoms with E-state index in [1.165, 1.54) is 7.11 Å². The molecule has 1 saturated heterocycles. The Bertz CT molecular complexity index is 1010. The van der Waals surface area contributed by atoms with Gasteiger partial charge in [-0.25, -0.2) is 9.97 Å². The molecular weight excluding hydrogens is 412 g/mol. The molecule has 0 unspecified atom stereocenters. The van der Waals surface area contributed by atoms with E-state index in [4.69, 9.17) is 21.1 Å². The van der Waals surface area contributed by atoms with E-state index in [1.54, 1.807) is 36.8 Å². The largest absolute Gasteiger partial charge is 0.495 e. The highest BCUT2D eigenvalue weighted by Gasteiger charge is 2.28. The molecule has 1 aliphatic heterocycles. The van der Waals surface area contributed by atoms with E-state index in [1.807, 2.05) is 12.1 Å². The highest BCUT2D eigenvalue weighted by Crippen LogP contribution is 2.37. The van der Waals surface area contributed by atoms with Gasteiger partial charge in [-0.3, -0.25) is 4.79 Å². The van der Waals surface area contributed by atoms with E-state index in [9.17, 15) is 4.79 Å². The number of hydrogen-bond acceptors (Lipinski definition) is 7. The van der Waals surface area contributed by atoms with E-state index in [0.29, 0.717) is 28.8 Å². The molecule has 0 aliphatic carbocycles. The number of rotatable bonds is 5. The number of carbonyl (C=O) groups is 1. The second-order valence-corrected chi connectivity index (χ2v) is 8.15. The molecule has 1 aliphatic rings. The number of benzene rings is 1. The molecule has 0 spiro atoms. The maximum atomic E-state index is 13.0. The minimum absolute atomic E-state index is 0.0616. The number of carbonyl (C=O) groups excluding carboxylic acids is 1. The van der Waals surface area contributed by atoms with Crippen molar-refractivity contribution in [2.24, 2.45) is 5.92 Å². The number of ether oxygens (including phenoxy) is 2. The zero-order chi connectivity index (χ0) is 20.4. The number of hydrogen-bond donors (Lipinski definition) is 1. The number of pyridine rings is 1. The summed E-state index contributed by atoms with van der Waals surface area (Å²) in [6.45, 7) is 1.49. The van der Waals surface area contributed by atoms with Gasteiger partial charge >= 0.3 is 0 Å². The van der Waals surface area contributed by atoms with Crippen LogP contribution in [0.4, 0.5) is 10.8 Å². The van der Waals surface area contributed by atoms with Crippen molar-refractivity contribution in [3.63, 3.8) is 0 Å². The van der Waals surface area contributed by atoms with Gasteiger partial charge in [-0.2, -0.15) is 0 Å². The molecule has 7 nitrogen and oxygen atoms in total. The van der Waals surface area contributed by atoms with Crippen molar-refractivity contribution >= 4 is 50.0 Å². The van der Waals surface area contributed by atoms with Gasteiger partial charge in [0.15, 0.2) is 5.13 Å². The van der Waals surface area contributed by atoms with Crippen LogP contribution in [0.25, 0.3) is 10.3 Å². The van der Waals surface area contributed by atoms with Gasteiger partial charge in [0.05, 0.1) is 30.8 Å². The summed E-state index contributed by atoms with van der Waals surface area (Å²) in [5, 5.41) is 4.28. The van der Waals surface area contributed by atoms with Gasteiger partial charge in [-0.15, -0.1) is 0 Å². The highest BCUT2D eigenvalue weighted by molar-refractivity contribution is 7.21. The lowest BCUT2D eigenvalue weighted by atomic mass is 9.97. The first-order valence-corrected chi connectivity index (χ1v) is 10.5. The summed E-state index contributed by atoms with van der Waals surface area (Å²) in [7, 11) is 3.08. The third-order valence-electron chi connectivity index (χ3n) is 4.95. The molecule has 29 heavy (non-hydrogen) atoms. The maximum Gasteiger partial charge on any atom is 0.229 e. The van der Waals surface area contributed by atoms with Gasteiger partial charge in [-0.05, 0) is 31.0 Å². The van der Waals surface area contributed by atoms with Crippen molar-refractivity contribution in [1.29, 1.82) is 0 Å². The number of thiazole rings is 1. The molecule has 152 valence electrons. The summed E-state index contributed by atoms with van der Waals surface area (Å²) in [6, 6.07) is 7.15. The summed E-state index contributed by atoms with van der Waals surface area (Å²) >= 11 is 7.77. The lowest BCUT2D eigenvalue weighted by Crippen LogP contribution is -2.40. The van der Waals surface area contributed by atoms with Gasteiger partial charge in [0, 0.05) is 25.4 Å². The first kappa shape index (κ1) is 19.7. The Kier molecular flexibility index (Phi) is 5.73. The van der Waals surface area contributed by atoms with Crippen LogP contribution >= 0.6 is 22.9 Å². The third-order valence-corrected chi connectivity index (χ3v) is 6.28. The van der Waals surface area contributed by atoms with Crippen molar-refractivity contribution in [3.8, 4) is 11.5 Å². The van der Waals surface area contributed by atoms with Crippen molar-refractivity contribution in [2.75, 3.05) is 37.5 Å². The lowest BCUT2D eigenvalue weighted by molar-refractivity contribution is -0.120. The van der Waals surface area contributed by atoms with Crippen LogP contribution in [0.2, 0.25) is 5.02 Å². The Morgan fingerprint density at radius 1 is 1.31 bits per heavy atom. The molecule has 1 atom stereocenters. The quantitative estimate of drug-likeness (QED) is 0.650. The van der Waals surface area contributed by atoms with Crippen LogP contribution in [0.5, 0.6) is 11.5 Å². The summed E-state index contributed by atoms with van der Waals surface area (Å²) in [5.74, 6) is 0.780. The van der Waals surface area contributed by atoms with Gasteiger partial charge in [-0.1, -0.05) is 22.9 Å². The van der Waals surface area contributed by atoms with Crippen molar-refractivity contribution < 1.29 is 14.3 Å². The molecule has 2 aromatic heterocycles. The van der Waals surface area contributed by atoms with Gasteiger partial charge in [0.2, 0.25) is 5.91 Å². The van der Waals surface area contributed by atoms with Crippen molar-refractivity contribution in [1.82, 2.24) is 9.97 Å². The summed E-state index contributed by atoms with van der Waals surface area (Å²) < 4.78 is 10.6. The summed E-state index contributed by atoms with van der Waals surface area (Å²) in [6.07, 6.45) is 3.50. The van der Waals surface area contributed by atoms with Crippen LogP contribution in [0, 0.1) is 5.92 Å². The molecule has 1 amide bonds. The fraction of sp³-hybridized carbons (Fsp3) is 0.350. The average Bonchev–Trinajstić information content (AvgIpc) is 3.18. The zero-order valence-electron chi connectivity index (χ0n) is 16.1. The molecule has 1 N–H and O–H groups in total. The monoisotopic (exact) mass is 432 g/mol. The Labute approximate surface area is 177 Å². The molecule has 1 fully saturated rings. The Morgan fingerprint density at radius 2 is 2.14 bits per heavy atom. The van der Waals surface area contributed by atoms with E-state index in [0.717, 1.165) is 34.9 Å². The number of aromatic nitrogens is 2. The molecular formula is C20H21ClN4O3S.